The Kier molecular flexibility index (Phi) is 6.48. The minimum absolute atomic E-state index is 0.178. The molecule has 6 heteroatoms. The fourth-order valence-corrected chi connectivity index (χ4v) is 7.41. The van der Waals surface area contributed by atoms with Crippen molar-refractivity contribution in [2.24, 2.45) is 0 Å². The Bertz CT molecular complexity index is 2710. The zero-order valence-corrected chi connectivity index (χ0v) is 26.4. The Morgan fingerprint density at radius 2 is 0.700 bits per heavy atom. The zero-order valence-electron chi connectivity index (χ0n) is 26.4. The Morgan fingerprint density at radius 3 is 1.20 bits per heavy atom. The van der Waals surface area contributed by atoms with Crippen LogP contribution in [-0.2, 0) is 0 Å². The van der Waals surface area contributed by atoms with E-state index in [1.807, 2.05) is 91.0 Å². The molecule has 0 saturated heterocycles. The first kappa shape index (κ1) is 29.2. The van der Waals surface area contributed by atoms with Gasteiger partial charge in [0.2, 0.25) is 17.2 Å². The lowest BCUT2D eigenvalue weighted by Crippen LogP contribution is -1.92. The van der Waals surface area contributed by atoms with Crippen LogP contribution in [0.15, 0.2) is 144 Å². The van der Waals surface area contributed by atoms with E-state index in [0.717, 1.165) is 66.1 Å². The van der Waals surface area contributed by atoms with Crippen LogP contribution < -0.4 is 0 Å². The van der Waals surface area contributed by atoms with Crippen molar-refractivity contribution < 1.29 is 29.9 Å². The van der Waals surface area contributed by atoms with Crippen LogP contribution in [0, 0.1) is 0 Å². The first-order valence-electron chi connectivity index (χ1n) is 16.2. The van der Waals surface area contributed by atoms with E-state index in [2.05, 4.69) is 48.5 Å². The summed E-state index contributed by atoms with van der Waals surface area (Å²) in [6.45, 7) is 0. The van der Waals surface area contributed by atoms with Crippen molar-refractivity contribution in [3.05, 3.63) is 140 Å². The van der Waals surface area contributed by atoms with Crippen molar-refractivity contribution in [1.29, 1.82) is 0 Å². The van der Waals surface area contributed by atoms with Gasteiger partial charge in [-0.1, -0.05) is 127 Å². The molecule has 0 radical (unpaired) electrons. The Morgan fingerprint density at radius 1 is 0.300 bits per heavy atom. The molecule has 0 spiro atoms. The van der Waals surface area contributed by atoms with E-state index in [-0.39, 0.29) is 5.56 Å². The highest BCUT2D eigenvalue weighted by molar-refractivity contribution is 6.23. The Labute approximate surface area is 285 Å². The second-order valence-corrected chi connectivity index (χ2v) is 12.4. The van der Waals surface area contributed by atoms with Crippen molar-refractivity contribution >= 4 is 43.5 Å². The molecule has 240 valence electrons. The lowest BCUT2D eigenvalue weighted by atomic mass is 9.85. The quantitative estimate of drug-likeness (QED) is 0.0734. The van der Waals surface area contributed by atoms with Crippen LogP contribution in [0.4, 0.5) is 0 Å². The number of phenols is 5. The highest BCUT2D eigenvalue weighted by Crippen LogP contribution is 2.57. The van der Waals surface area contributed by atoms with Crippen LogP contribution >= 0.6 is 0 Å². The molecule has 0 aliphatic rings. The highest BCUT2D eigenvalue weighted by Gasteiger charge is 2.28. The van der Waals surface area contributed by atoms with Gasteiger partial charge in [-0.05, 0) is 67.1 Å². The lowest BCUT2D eigenvalue weighted by Gasteiger charge is -2.20. The molecule has 0 aliphatic heterocycles. The van der Waals surface area contributed by atoms with Gasteiger partial charge in [-0.25, -0.2) is 0 Å². The molecular weight excluding hydrogens is 624 g/mol. The molecule has 0 amide bonds. The molecule has 8 aromatic carbocycles. The Balaban J connectivity index is 1.26. The number of benzene rings is 8. The molecule has 0 bridgehead atoms. The maximum atomic E-state index is 11.0. The summed E-state index contributed by atoms with van der Waals surface area (Å²) < 4.78 is 6.37. The monoisotopic (exact) mass is 652 g/mol. The largest absolute Gasteiger partial charge is 0.504 e. The van der Waals surface area contributed by atoms with Gasteiger partial charge in [0, 0.05) is 16.3 Å². The number of fused-ring (bicyclic) bond motifs is 5. The molecule has 0 fully saturated rings. The van der Waals surface area contributed by atoms with Gasteiger partial charge in [0.25, 0.3) is 0 Å². The predicted molar refractivity (Wildman–Crippen MR) is 199 cm³/mol. The van der Waals surface area contributed by atoms with Crippen molar-refractivity contribution in [3.63, 3.8) is 0 Å². The molecule has 50 heavy (non-hydrogen) atoms. The minimum atomic E-state index is -0.996. The molecule has 6 nitrogen and oxygen atoms in total. The van der Waals surface area contributed by atoms with E-state index in [0.29, 0.717) is 16.3 Å². The molecular formula is C44H28O6. The summed E-state index contributed by atoms with van der Waals surface area (Å²) in [5.41, 5.74) is 8.07. The van der Waals surface area contributed by atoms with Crippen LogP contribution in [0.2, 0.25) is 0 Å². The van der Waals surface area contributed by atoms with Gasteiger partial charge < -0.3 is 29.9 Å². The summed E-state index contributed by atoms with van der Waals surface area (Å²) in [7, 11) is 0. The molecule has 0 atom stereocenters. The van der Waals surface area contributed by atoms with E-state index >= 15 is 0 Å². The van der Waals surface area contributed by atoms with Gasteiger partial charge in [0.15, 0.2) is 11.5 Å². The minimum Gasteiger partial charge on any atom is -0.504 e. The van der Waals surface area contributed by atoms with Crippen LogP contribution in [-0.4, -0.2) is 25.5 Å². The van der Waals surface area contributed by atoms with E-state index < -0.39 is 28.7 Å². The average molecular weight is 653 g/mol. The van der Waals surface area contributed by atoms with Crippen LogP contribution in [0.1, 0.15) is 0 Å². The topological polar surface area (TPSA) is 114 Å². The van der Waals surface area contributed by atoms with Gasteiger partial charge in [-0.15, -0.1) is 0 Å². The first-order chi connectivity index (χ1) is 24.4. The Hall–Kier alpha value is -6.92. The number of aromatic hydroxyl groups is 5. The SMILES string of the molecule is Oc1c(O)c(O)c(-c2c3ccccc3c(-c3ccc(-c4cccc5oc6cccc(-c7ccccc7)c6c45)cc3)c3ccccc23)c(O)c1O. The van der Waals surface area contributed by atoms with Crippen LogP contribution in [0.5, 0.6) is 28.7 Å². The number of furan rings is 1. The molecule has 9 rings (SSSR count). The van der Waals surface area contributed by atoms with Gasteiger partial charge in [0.1, 0.15) is 11.2 Å². The molecule has 5 N–H and O–H groups in total. The van der Waals surface area contributed by atoms with Crippen molar-refractivity contribution in [2.75, 3.05) is 0 Å². The van der Waals surface area contributed by atoms with Crippen LogP contribution in [0.3, 0.4) is 0 Å². The molecule has 0 unspecified atom stereocenters. The second-order valence-electron chi connectivity index (χ2n) is 12.4. The summed E-state index contributed by atoms with van der Waals surface area (Å²) in [5, 5.41) is 58.1. The van der Waals surface area contributed by atoms with E-state index in [1.54, 1.807) is 0 Å². The van der Waals surface area contributed by atoms with Gasteiger partial charge in [-0.2, -0.15) is 0 Å². The molecule has 1 aromatic heterocycles. The third kappa shape index (κ3) is 4.22. The fraction of sp³-hybridized carbons (Fsp3) is 0. The third-order valence-corrected chi connectivity index (χ3v) is 9.64. The lowest BCUT2D eigenvalue weighted by molar-refractivity contribution is 0.330. The van der Waals surface area contributed by atoms with Gasteiger partial charge in [-0.3, -0.25) is 0 Å². The molecule has 9 aromatic rings. The summed E-state index contributed by atoms with van der Waals surface area (Å²) in [6.07, 6.45) is 0. The van der Waals surface area contributed by atoms with Crippen molar-refractivity contribution in [2.45, 2.75) is 0 Å². The highest BCUT2D eigenvalue weighted by atomic mass is 16.4. The van der Waals surface area contributed by atoms with Gasteiger partial charge in [0.05, 0.1) is 5.56 Å². The van der Waals surface area contributed by atoms with Crippen LogP contribution in [0.25, 0.3) is 88.0 Å². The second kappa shape index (κ2) is 11.1. The summed E-state index contributed by atoms with van der Waals surface area (Å²) in [5.74, 6) is -4.30. The summed E-state index contributed by atoms with van der Waals surface area (Å²) in [6, 6.07) is 46.2. The van der Waals surface area contributed by atoms with E-state index in [4.69, 9.17) is 4.42 Å². The first-order valence-corrected chi connectivity index (χ1v) is 16.2. The molecule has 1 heterocycles. The van der Waals surface area contributed by atoms with Crippen molar-refractivity contribution in [1.82, 2.24) is 0 Å². The smallest absolute Gasteiger partial charge is 0.208 e. The zero-order chi connectivity index (χ0) is 34.1. The van der Waals surface area contributed by atoms with Gasteiger partial charge >= 0.3 is 0 Å². The normalized spacial score (nSPS) is 11.6. The number of hydrogen-bond acceptors (Lipinski definition) is 6. The summed E-state index contributed by atoms with van der Waals surface area (Å²) in [4.78, 5) is 0. The average Bonchev–Trinajstić information content (AvgIpc) is 3.56. The molecule has 0 aliphatic carbocycles. The number of phenolic OH excluding ortho intramolecular Hbond substituents is 5. The third-order valence-electron chi connectivity index (χ3n) is 9.64. The summed E-state index contributed by atoms with van der Waals surface area (Å²) >= 11 is 0. The number of rotatable bonds is 4. The van der Waals surface area contributed by atoms with Crippen molar-refractivity contribution in [3.8, 4) is 73.3 Å². The van der Waals surface area contributed by atoms with E-state index in [1.165, 1.54) is 0 Å². The maximum absolute atomic E-state index is 11.0. The standard InChI is InChI=1S/C44H28O6/c45-40-39(41(46)43(48)44(49)42(40)47)36-31-14-6-4-12-29(31)35(30-13-5-7-15-32(30)36)26-22-20-25(21-23-26)28-17-9-19-34-38(28)37-27(16-8-18-33(37)50-34)24-10-2-1-3-11-24/h1-23,45-49H. The van der Waals surface area contributed by atoms with E-state index in [9.17, 15) is 25.5 Å². The fourth-order valence-electron chi connectivity index (χ4n) is 7.41. The molecule has 0 saturated carbocycles. The maximum Gasteiger partial charge on any atom is 0.208 e. The number of hydrogen-bond donors (Lipinski definition) is 5. The predicted octanol–water partition coefficient (Wildman–Crippen LogP) is 11.1.